The number of aryl methyl sites for hydroxylation is 1. The molecule has 1 unspecified atom stereocenters. The lowest BCUT2D eigenvalue weighted by molar-refractivity contribution is 0.485. The zero-order valence-electron chi connectivity index (χ0n) is 11.1. The largest absolute Gasteiger partial charge is 0.315 e. The second-order valence-corrected chi connectivity index (χ2v) is 7.81. The fourth-order valence-electron chi connectivity index (χ4n) is 1.61. The van der Waals surface area contributed by atoms with Crippen LogP contribution in [0, 0.1) is 12.8 Å². The van der Waals surface area contributed by atoms with Crippen LogP contribution in [0.25, 0.3) is 0 Å². The first-order chi connectivity index (χ1) is 8.22. The molecule has 0 aliphatic heterocycles. The maximum atomic E-state index is 12.1. The maximum Gasteiger partial charge on any atom is 0.305 e. The van der Waals surface area contributed by atoms with Gasteiger partial charge in [0.1, 0.15) is 0 Å². The van der Waals surface area contributed by atoms with Crippen LogP contribution in [0.15, 0.2) is 9.00 Å². The molecule has 0 saturated heterocycles. The van der Waals surface area contributed by atoms with Crippen molar-refractivity contribution in [3.63, 3.8) is 0 Å². The molecular formula is C11H20N2O3S2. The Bertz CT molecular complexity index is 543. The van der Waals surface area contributed by atoms with E-state index in [1.807, 2.05) is 6.92 Å². The zero-order valence-corrected chi connectivity index (χ0v) is 12.7. The predicted molar refractivity (Wildman–Crippen MR) is 73.5 cm³/mol. The molecule has 0 aromatic carbocycles. The van der Waals surface area contributed by atoms with Gasteiger partial charge in [0.2, 0.25) is 0 Å². The van der Waals surface area contributed by atoms with Gasteiger partial charge in [-0.3, -0.25) is 4.79 Å². The van der Waals surface area contributed by atoms with Crippen molar-refractivity contribution in [2.75, 3.05) is 0 Å². The molecule has 0 aliphatic carbocycles. The van der Waals surface area contributed by atoms with Crippen LogP contribution in [0.5, 0.6) is 0 Å². The van der Waals surface area contributed by atoms with Crippen LogP contribution in [0.2, 0.25) is 0 Å². The van der Waals surface area contributed by atoms with Gasteiger partial charge in [0.15, 0.2) is 4.21 Å². The molecule has 104 valence electrons. The summed E-state index contributed by atoms with van der Waals surface area (Å²) in [5, 5.41) is 0. The molecule has 1 rings (SSSR count). The molecular weight excluding hydrogens is 272 g/mol. The minimum atomic E-state index is -3.58. The molecule has 2 N–H and O–H groups in total. The summed E-state index contributed by atoms with van der Waals surface area (Å²) >= 11 is 0.726. The highest BCUT2D eigenvalue weighted by molar-refractivity contribution is 7.91. The van der Waals surface area contributed by atoms with Crippen molar-refractivity contribution in [2.45, 2.75) is 50.8 Å². The Kier molecular flexibility index (Phi) is 5.12. The highest BCUT2D eigenvalue weighted by atomic mass is 32.2. The van der Waals surface area contributed by atoms with Crippen molar-refractivity contribution in [1.82, 2.24) is 9.71 Å². The molecule has 0 spiro atoms. The van der Waals surface area contributed by atoms with Crippen LogP contribution >= 0.6 is 11.3 Å². The lowest BCUT2D eigenvalue weighted by atomic mass is 10.1. The minimum Gasteiger partial charge on any atom is -0.315 e. The molecule has 18 heavy (non-hydrogen) atoms. The number of aromatic amines is 1. The number of rotatable bonds is 6. The van der Waals surface area contributed by atoms with E-state index in [2.05, 4.69) is 23.6 Å². The lowest BCUT2D eigenvalue weighted by Crippen LogP contribution is -2.32. The van der Waals surface area contributed by atoms with E-state index in [0.29, 0.717) is 11.6 Å². The normalized spacial score (nSPS) is 14.1. The van der Waals surface area contributed by atoms with Crippen LogP contribution < -0.4 is 9.60 Å². The van der Waals surface area contributed by atoms with Crippen LogP contribution in [0.1, 0.15) is 39.3 Å². The third kappa shape index (κ3) is 4.22. The van der Waals surface area contributed by atoms with Crippen molar-refractivity contribution >= 4 is 21.4 Å². The van der Waals surface area contributed by atoms with E-state index < -0.39 is 10.0 Å². The number of H-pyrrole nitrogens is 1. The van der Waals surface area contributed by atoms with Gasteiger partial charge in [-0.1, -0.05) is 25.2 Å². The molecule has 5 nitrogen and oxygen atoms in total. The Hall–Kier alpha value is -0.660. The molecule has 0 saturated carbocycles. The van der Waals surface area contributed by atoms with Gasteiger partial charge < -0.3 is 4.98 Å². The topological polar surface area (TPSA) is 79.0 Å². The molecule has 0 bridgehead atoms. The average Bonchev–Trinajstić information content (AvgIpc) is 2.55. The van der Waals surface area contributed by atoms with Gasteiger partial charge in [-0.25, -0.2) is 13.1 Å². The van der Waals surface area contributed by atoms with Gasteiger partial charge in [-0.05, 0) is 32.6 Å². The smallest absolute Gasteiger partial charge is 0.305 e. The molecule has 0 amide bonds. The maximum absolute atomic E-state index is 12.1. The summed E-state index contributed by atoms with van der Waals surface area (Å²) in [6.07, 6.45) is 1.75. The van der Waals surface area contributed by atoms with E-state index in [9.17, 15) is 13.2 Å². The second kappa shape index (κ2) is 5.99. The minimum absolute atomic E-state index is 0.0869. The van der Waals surface area contributed by atoms with Crippen molar-refractivity contribution in [1.29, 1.82) is 0 Å². The Morgan fingerprint density at radius 3 is 2.33 bits per heavy atom. The molecule has 0 aliphatic rings. The molecule has 1 heterocycles. The third-order valence-electron chi connectivity index (χ3n) is 2.56. The number of hydrogen-bond acceptors (Lipinski definition) is 4. The molecule has 1 atom stereocenters. The highest BCUT2D eigenvalue weighted by Gasteiger charge is 2.22. The molecule has 1 aromatic rings. The summed E-state index contributed by atoms with van der Waals surface area (Å²) in [7, 11) is -3.58. The first-order valence-electron chi connectivity index (χ1n) is 5.94. The summed E-state index contributed by atoms with van der Waals surface area (Å²) in [5.74, 6) is 0.544. The van der Waals surface area contributed by atoms with Crippen LogP contribution in [-0.4, -0.2) is 19.4 Å². The summed E-state index contributed by atoms with van der Waals surface area (Å²) in [4.78, 5) is 13.3. The zero-order chi connectivity index (χ0) is 13.9. The SMILES string of the molecule is Cc1[nH]c(=O)sc1S(=O)(=O)NC(C)CCC(C)C. The van der Waals surface area contributed by atoms with Crippen LogP contribution in [-0.2, 0) is 10.0 Å². The van der Waals surface area contributed by atoms with Gasteiger partial charge in [-0.15, -0.1) is 0 Å². The van der Waals surface area contributed by atoms with Gasteiger partial charge in [0.25, 0.3) is 10.0 Å². The second-order valence-electron chi connectivity index (χ2n) is 4.92. The standard InChI is InChI=1S/C11H20N2O3S2/c1-7(2)5-6-8(3)13-18(15,16)10-9(4)12-11(14)17-10/h7-8,13H,5-6H2,1-4H3,(H,12,14). The number of hydrogen-bond donors (Lipinski definition) is 2. The Morgan fingerprint density at radius 2 is 1.89 bits per heavy atom. The monoisotopic (exact) mass is 292 g/mol. The van der Waals surface area contributed by atoms with Gasteiger partial charge in [0.05, 0.1) is 0 Å². The molecule has 7 heteroatoms. The summed E-state index contributed by atoms with van der Waals surface area (Å²) in [6, 6.07) is -0.131. The molecule has 1 aromatic heterocycles. The molecule has 0 fully saturated rings. The van der Waals surface area contributed by atoms with E-state index in [0.717, 1.165) is 24.2 Å². The average molecular weight is 292 g/mol. The fraction of sp³-hybridized carbons (Fsp3) is 0.727. The van der Waals surface area contributed by atoms with Crippen LogP contribution in [0.3, 0.4) is 0 Å². The Balaban J connectivity index is 2.76. The Morgan fingerprint density at radius 1 is 1.28 bits per heavy atom. The van der Waals surface area contributed by atoms with E-state index in [4.69, 9.17) is 0 Å². The third-order valence-corrected chi connectivity index (χ3v) is 5.75. The number of thiazole rings is 1. The van der Waals surface area contributed by atoms with Crippen molar-refractivity contribution < 1.29 is 8.42 Å². The first-order valence-corrected chi connectivity index (χ1v) is 8.24. The quantitative estimate of drug-likeness (QED) is 0.839. The van der Waals surface area contributed by atoms with Crippen molar-refractivity contribution in [2.24, 2.45) is 5.92 Å². The van der Waals surface area contributed by atoms with E-state index in [1.54, 1.807) is 6.92 Å². The number of aromatic nitrogens is 1. The van der Waals surface area contributed by atoms with Crippen molar-refractivity contribution in [3.05, 3.63) is 15.4 Å². The van der Waals surface area contributed by atoms with E-state index in [-0.39, 0.29) is 15.1 Å². The Labute approximate surface area is 112 Å². The predicted octanol–water partition coefficient (Wildman–Crippen LogP) is 1.85. The van der Waals surface area contributed by atoms with Gasteiger partial charge in [0, 0.05) is 11.7 Å². The summed E-state index contributed by atoms with van der Waals surface area (Å²) < 4.78 is 26.8. The number of nitrogens with one attached hydrogen (secondary N) is 2. The van der Waals surface area contributed by atoms with E-state index in [1.165, 1.54) is 0 Å². The van der Waals surface area contributed by atoms with Gasteiger partial charge in [-0.2, -0.15) is 0 Å². The summed E-state index contributed by atoms with van der Waals surface area (Å²) in [5.41, 5.74) is 0.397. The fourth-order valence-corrected chi connectivity index (χ4v) is 4.20. The first kappa shape index (κ1) is 15.4. The van der Waals surface area contributed by atoms with E-state index >= 15 is 0 Å². The lowest BCUT2D eigenvalue weighted by Gasteiger charge is -2.14. The summed E-state index contributed by atoms with van der Waals surface area (Å²) in [6.45, 7) is 7.63. The highest BCUT2D eigenvalue weighted by Crippen LogP contribution is 2.17. The number of sulfonamides is 1. The van der Waals surface area contributed by atoms with Crippen molar-refractivity contribution in [3.8, 4) is 0 Å². The van der Waals surface area contributed by atoms with Crippen LogP contribution in [0.4, 0.5) is 0 Å². The van der Waals surface area contributed by atoms with Gasteiger partial charge >= 0.3 is 4.87 Å². The molecule has 0 radical (unpaired) electrons.